The first-order chi connectivity index (χ1) is 21.4. The van der Waals surface area contributed by atoms with Gasteiger partial charge in [-0.25, -0.2) is 4.98 Å². The molecule has 0 radical (unpaired) electrons. The summed E-state index contributed by atoms with van der Waals surface area (Å²) in [6, 6.07) is 21.3. The van der Waals surface area contributed by atoms with Crippen LogP contribution in [0, 0.1) is 13.8 Å². The monoisotopic (exact) mass is 614 g/mol. The topological polar surface area (TPSA) is 116 Å². The van der Waals surface area contributed by atoms with Gasteiger partial charge in [-0.1, -0.05) is 36.4 Å². The molecule has 1 aliphatic rings. The van der Waals surface area contributed by atoms with Crippen molar-refractivity contribution in [3.05, 3.63) is 93.9 Å². The molecule has 230 valence electrons. The van der Waals surface area contributed by atoms with Gasteiger partial charge in [-0.05, 0) is 67.3 Å². The SMILES string of the molecule is Cc1ccccc1C(=O)N1CCc2cc(-c3nc(NC(=O)Cc4ccc(OCCOCCOCCN)cc4)sc3C)ccc21. The Hall–Kier alpha value is -4.09. The quantitative estimate of drug-likeness (QED) is 0.188. The third kappa shape index (κ3) is 7.89. The van der Waals surface area contributed by atoms with E-state index in [1.165, 1.54) is 11.3 Å². The number of anilines is 2. The number of aromatic nitrogens is 1. The van der Waals surface area contributed by atoms with Crippen LogP contribution in [-0.4, -0.2) is 62.9 Å². The lowest BCUT2D eigenvalue weighted by Gasteiger charge is -2.18. The Morgan fingerprint density at radius 3 is 2.48 bits per heavy atom. The molecule has 3 aromatic carbocycles. The second kappa shape index (κ2) is 15.1. The van der Waals surface area contributed by atoms with Crippen LogP contribution in [0.1, 0.15) is 31.9 Å². The Kier molecular flexibility index (Phi) is 10.7. The van der Waals surface area contributed by atoms with Crippen LogP contribution in [-0.2, 0) is 27.1 Å². The van der Waals surface area contributed by atoms with E-state index in [0.717, 1.165) is 50.5 Å². The number of carbonyl (C=O) groups is 2. The number of hydrogen-bond acceptors (Lipinski definition) is 8. The number of nitrogens with one attached hydrogen (secondary N) is 1. The molecular formula is C34H38N4O5S. The molecule has 1 aliphatic heterocycles. The Morgan fingerprint density at radius 1 is 0.955 bits per heavy atom. The van der Waals surface area contributed by atoms with Crippen LogP contribution < -0.4 is 20.7 Å². The molecule has 0 fully saturated rings. The van der Waals surface area contributed by atoms with Gasteiger partial charge in [-0.15, -0.1) is 11.3 Å². The number of benzene rings is 3. The Balaban J connectivity index is 1.13. The molecule has 4 aromatic rings. The van der Waals surface area contributed by atoms with Crippen molar-refractivity contribution in [2.45, 2.75) is 26.7 Å². The average molecular weight is 615 g/mol. The van der Waals surface area contributed by atoms with E-state index >= 15 is 0 Å². The lowest BCUT2D eigenvalue weighted by molar-refractivity contribution is -0.115. The summed E-state index contributed by atoms with van der Waals surface area (Å²) in [5.74, 6) is 0.607. The summed E-state index contributed by atoms with van der Waals surface area (Å²) in [5, 5.41) is 3.51. The lowest BCUT2D eigenvalue weighted by atomic mass is 10.0. The maximum atomic E-state index is 13.2. The zero-order valence-electron chi connectivity index (χ0n) is 25.1. The fourth-order valence-electron chi connectivity index (χ4n) is 5.11. The van der Waals surface area contributed by atoms with Gasteiger partial charge in [0.15, 0.2) is 5.13 Å². The van der Waals surface area contributed by atoms with Gasteiger partial charge in [-0.3, -0.25) is 9.59 Å². The van der Waals surface area contributed by atoms with Crippen LogP contribution in [0.2, 0.25) is 0 Å². The minimum absolute atomic E-state index is 0.0254. The van der Waals surface area contributed by atoms with Crippen molar-refractivity contribution < 1.29 is 23.8 Å². The largest absolute Gasteiger partial charge is 0.491 e. The Labute approximate surface area is 262 Å². The van der Waals surface area contributed by atoms with Crippen molar-refractivity contribution in [1.82, 2.24) is 4.98 Å². The van der Waals surface area contributed by atoms with Gasteiger partial charge in [-0.2, -0.15) is 0 Å². The molecule has 10 heteroatoms. The first-order valence-electron chi connectivity index (χ1n) is 14.8. The van der Waals surface area contributed by atoms with E-state index in [-0.39, 0.29) is 18.2 Å². The van der Waals surface area contributed by atoms with E-state index < -0.39 is 0 Å². The zero-order valence-corrected chi connectivity index (χ0v) is 26.0. The average Bonchev–Trinajstić information content (AvgIpc) is 3.61. The molecule has 0 bridgehead atoms. The Morgan fingerprint density at radius 2 is 1.70 bits per heavy atom. The van der Waals surface area contributed by atoms with Gasteiger partial charge in [0.1, 0.15) is 12.4 Å². The molecule has 2 heterocycles. The highest BCUT2D eigenvalue weighted by Crippen LogP contribution is 2.36. The molecular weight excluding hydrogens is 576 g/mol. The van der Waals surface area contributed by atoms with E-state index in [2.05, 4.69) is 11.4 Å². The summed E-state index contributed by atoms with van der Waals surface area (Å²) >= 11 is 1.45. The zero-order chi connectivity index (χ0) is 30.9. The van der Waals surface area contributed by atoms with Gasteiger partial charge >= 0.3 is 0 Å². The van der Waals surface area contributed by atoms with Gasteiger partial charge in [0, 0.05) is 34.8 Å². The van der Waals surface area contributed by atoms with Crippen LogP contribution in [0.4, 0.5) is 10.8 Å². The predicted octanol–water partition coefficient (Wildman–Crippen LogP) is 5.18. The van der Waals surface area contributed by atoms with Crippen LogP contribution in [0.5, 0.6) is 5.75 Å². The fraction of sp³-hybridized carbons (Fsp3) is 0.324. The predicted molar refractivity (Wildman–Crippen MR) is 174 cm³/mol. The molecule has 1 aromatic heterocycles. The van der Waals surface area contributed by atoms with Crippen LogP contribution in [0.3, 0.4) is 0 Å². The van der Waals surface area contributed by atoms with Gasteiger partial charge < -0.3 is 30.2 Å². The van der Waals surface area contributed by atoms with Crippen molar-refractivity contribution in [2.24, 2.45) is 5.73 Å². The summed E-state index contributed by atoms with van der Waals surface area (Å²) in [6.07, 6.45) is 1.01. The lowest BCUT2D eigenvalue weighted by Crippen LogP contribution is -2.29. The molecule has 2 amide bonds. The van der Waals surface area contributed by atoms with E-state index in [1.807, 2.05) is 79.4 Å². The van der Waals surface area contributed by atoms with Crippen molar-refractivity contribution >= 4 is 34.0 Å². The second-order valence-electron chi connectivity index (χ2n) is 10.5. The molecule has 9 nitrogen and oxygen atoms in total. The number of hydrogen-bond donors (Lipinski definition) is 2. The highest BCUT2D eigenvalue weighted by molar-refractivity contribution is 7.16. The molecule has 0 atom stereocenters. The molecule has 0 spiro atoms. The van der Waals surface area contributed by atoms with Gasteiger partial charge in [0.05, 0.1) is 38.5 Å². The molecule has 5 rings (SSSR count). The molecule has 0 saturated carbocycles. The summed E-state index contributed by atoms with van der Waals surface area (Å²) in [7, 11) is 0. The number of fused-ring (bicyclic) bond motifs is 1. The third-order valence-electron chi connectivity index (χ3n) is 7.33. The summed E-state index contributed by atoms with van der Waals surface area (Å²) < 4.78 is 16.4. The molecule has 0 unspecified atom stereocenters. The van der Waals surface area contributed by atoms with Crippen molar-refractivity contribution in [3.8, 4) is 17.0 Å². The van der Waals surface area contributed by atoms with Gasteiger partial charge in [0.25, 0.3) is 5.91 Å². The van der Waals surface area contributed by atoms with E-state index in [9.17, 15) is 9.59 Å². The summed E-state index contributed by atoms with van der Waals surface area (Å²) in [6.45, 7) is 7.55. The van der Waals surface area contributed by atoms with Crippen molar-refractivity contribution in [2.75, 3.05) is 56.3 Å². The third-order valence-corrected chi connectivity index (χ3v) is 8.22. The maximum Gasteiger partial charge on any atom is 0.258 e. The smallest absolute Gasteiger partial charge is 0.258 e. The van der Waals surface area contributed by atoms with Crippen molar-refractivity contribution in [3.63, 3.8) is 0 Å². The number of nitrogens with two attached hydrogens (primary N) is 1. The Bertz CT molecular complexity index is 1590. The number of ether oxygens (including phenoxy) is 3. The molecule has 0 saturated heterocycles. The number of amides is 2. The number of rotatable bonds is 14. The van der Waals surface area contributed by atoms with Crippen LogP contribution >= 0.6 is 11.3 Å². The minimum atomic E-state index is -0.136. The first kappa shape index (κ1) is 31.3. The number of carbonyl (C=O) groups excluding carboxylic acids is 2. The van der Waals surface area contributed by atoms with Crippen LogP contribution in [0.25, 0.3) is 11.3 Å². The summed E-state index contributed by atoms with van der Waals surface area (Å²) in [5.41, 5.74) is 11.8. The second-order valence-corrected chi connectivity index (χ2v) is 11.7. The fourth-order valence-corrected chi connectivity index (χ4v) is 5.96. The number of nitrogens with zero attached hydrogens (tertiary/aromatic N) is 2. The molecule has 3 N–H and O–H groups in total. The van der Waals surface area contributed by atoms with E-state index in [4.69, 9.17) is 24.9 Å². The van der Waals surface area contributed by atoms with Crippen molar-refractivity contribution in [1.29, 1.82) is 0 Å². The normalized spacial score (nSPS) is 12.3. The standard InChI is InChI=1S/C34H38N4O5S/c1-23-5-3-4-6-29(23)33(40)38-15-13-26-22-27(9-12-30(26)38)32-24(2)44-34(37-32)36-31(39)21-25-7-10-28(11-8-25)43-20-19-42-18-17-41-16-14-35/h3-12,22H,13-21,35H2,1-2H3,(H,36,37,39). The molecule has 44 heavy (non-hydrogen) atoms. The molecule has 0 aliphatic carbocycles. The van der Waals surface area contributed by atoms with Gasteiger partial charge in [0.2, 0.25) is 5.91 Å². The van der Waals surface area contributed by atoms with Crippen LogP contribution in [0.15, 0.2) is 66.7 Å². The van der Waals surface area contributed by atoms with E-state index in [1.54, 1.807) is 0 Å². The highest BCUT2D eigenvalue weighted by atomic mass is 32.1. The number of thiazole rings is 1. The highest BCUT2D eigenvalue weighted by Gasteiger charge is 2.27. The maximum absolute atomic E-state index is 13.2. The number of aryl methyl sites for hydroxylation is 2. The first-order valence-corrected chi connectivity index (χ1v) is 15.6. The minimum Gasteiger partial charge on any atom is -0.491 e. The summed E-state index contributed by atoms with van der Waals surface area (Å²) in [4.78, 5) is 33.7. The van der Waals surface area contributed by atoms with E-state index in [0.29, 0.717) is 57.0 Å².